The van der Waals surface area contributed by atoms with Crippen LogP contribution in [0.25, 0.3) is 21.3 Å². The SMILES string of the molecule is C[C@@H](SCc1nc2scc(-c3ccccc3)c2c(=O)[nH]1)C(=O)C1C(=O)N(C)C(=O)N(C)C1=O. The van der Waals surface area contributed by atoms with Crippen molar-refractivity contribution in [3.8, 4) is 11.1 Å². The molecular formula is C22H20N4O5S2. The number of thiophene rings is 1. The van der Waals surface area contributed by atoms with Gasteiger partial charge in [0.25, 0.3) is 17.4 Å². The number of carbonyl (C=O) groups is 4. The Labute approximate surface area is 196 Å². The van der Waals surface area contributed by atoms with Gasteiger partial charge in [-0.1, -0.05) is 30.3 Å². The zero-order valence-electron chi connectivity index (χ0n) is 18.0. The van der Waals surface area contributed by atoms with Crippen molar-refractivity contribution in [3.63, 3.8) is 0 Å². The van der Waals surface area contributed by atoms with Gasteiger partial charge in [0, 0.05) is 25.0 Å². The number of Topliss-reactive ketones (excluding diaryl/α,β-unsaturated/α-hetero) is 1. The number of urea groups is 1. The van der Waals surface area contributed by atoms with Crippen LogP contribution in [0.5, 0.6) is 0 Å². The summed E-state index contributed by atoms with van der Waals surface area (Å²) in [6, 6.07) is 8.78. The molecule has 1 aliphatic rings. The number of aromatic nitrogens is 2. The topological polar surface area (TPSA) is 121 Å². The number of fused-ring (bicyclic) bond motifs is 1. The van der Waals surface area contributed by atoms with Crippen LogP contribution in [0.3, 0.4) is 0 Å². The molecule has 0 aliphatic carbocycles. The number of carbonyl (C=O) groups excluding carboxylic acids is 4. The van der Waals surface area contributed by atoms with E-state index in [9.17, 15) is 24.0 Å². The number of nitrogens with zero attached hydrogens (tertiary/aromatic N) is 3. The van der Waals surface area contributed by atoms with E-state index in [1.54, 1.807) is 6.92 Å². The van der Waals surface area contributed by atoms with Crippen LogP contribution in [0.4, 0.5) is 4.79 Å². The average Bonchev–Trinajstić information content (AvgIpc) is 3.25. The third-order valence-electron chi connectivity index (χ3n) is 5.46. The molecule has 2 aromatic heterocycles. The van der Waals surface area contributed by atoms with E-state index in [2.05, 4.69) is 9.97 Å². The second-order valence-corrected chi connectivity index (χ2v) is 9.76. The quantitative estimate of drug-likeness (QED) is 0.534. The van der Waals surface area contributed by atoms with Gasteiger partial charge < -0.3 is 4.98 Å². The van der Waals surface area contributed by atoms with E-state index in [0.717, 1.165) is 32.7 Å². The molecule has 9 nitrogen and oxygen atoms in total. The molecule has 1 saturated heterocycles. The van der Waals surface area contributed by atoms with Crippen molar-refractivity contribution in [3.05, 3.63) is 51.9 Å². The molecule has 0 bridgehead atoms. The number of thioether (sulfide) groups is 1. The minimum absolute atomic E-state index is 0.205. The van der Waals surface area contributed by atoms with Gasteiger partial charge in [0.05, 0.1) is 16.4 Å². The molecule has 1 atom stereocenters. The maximum atomic E-state index is 12.9. The zero-order chi connectivity index (χ0) is 23.9. The number of amides is 4. The lowest BCUT2D eigenvalue weighted by molar-refractivity contribution is -0.151. The van der Waals surface area contributed by atoms with E-state index >= 15 is 0 Å². The summed E-state index contributed by atoms with van der Waals surface area (Å²) in [7, 11) is 2.47. The molecular weight excluding hydrogens is 464 g/mol. The molecule has 0 spiro atoms. The molecule has 1 aromatic carbocycles. The highest BCUT2D eigenvalue weighted by molar-refractivity contribution is 7.99. The number of rotatable bonds is 6. The van der Waals surface area contributed by atoms with E-state index < -0.39 is 34.8 Å². The molecule has 3 aromatic rings. The number of hydrogen-bond donors (Lipinski definition) is 1. The summed E-state index contributed by atoms with van der Waals surface area (Å²) in [4.78, 5) is 71.7. The van der Waals surface area contributed by atoms with Gasteiger partial charge in [-0.05, 0) is 12.5 Å². The van der Waals surface area contributed by atoms with Gasteiger partial charge in [-0.3, -0.25) is 29.0 Å². The number of hydrogen-bond acceptors (Lipinski definition) is 8. The van der Waals surface area contributed by atoms with Crippen molar-refractivity contribution in [1.29, 1.82) is 0 Å². The Morgan fingerprint density at radius 1 is 1.12 bits per heavy atom. The summed E-state index contributed by atoms with van der Waals surface area (Å²) in [5.74, 6) is -3.21. The standard InChI is InChI=1S/C22H20N4O5S2/c1-11(17(27)16-20(29)25(2)22(31)26(3)21(16)30)32-10-14-23-18(28)15-13(9-33-19(15)24-14)12-7-5-4-6-8-12/h4-9,11,16H,10H2,1-3H3,(H,23,24,28)/t11-/m1/s1. The third-order valence-corrected chi connectivity index (χ3v) is 7.51. The fraction of sp³-hybridized carbons (Fsp3) is 0.273. The minimum Gasteiger partial charge on any atom is -0.309 e. The van der Waals surface area contributed by atoms with E-state index in [-0.39, 0.29) is 11.3 Å². The summed E-state index contributed by atoms with van der Waals surface area (Å²) >= 11 is 2.52. The summed E-state index contributed by atoms with van der Waals surface area (Å²) in [6.07, 6.45) is 0. The molecule has 3 heterocycles. The predicted octanol–water partition coefficient (Wildman–Crippen LogP) is 2.51. The van der Waals surface area contributed by atoms with Gasteiger partial charge >= 0.3 is 6.03 Å². The summed E-state index contributed by atoms with van der Waals surface area (Å²) in [5, 5.41) is 1.67. The molecule has 4 amide bonds. The number of H-pyrrole nitrogens is 1. The maximum absolute atomic E-state index is 12.9. The lowest BCUT2D eigenvalue weighted by Gasteiger charge is -2.32. The smallest absolute Gasteiger partial charge is 0.309 e. The van der Waals surface area contributed by atoms with E-state index in [4.69, 9.17) is 0 Å². The number of benzene rings is 1. The lowest BCUT2D eigenvalue weighted by Crippen LogP contribution is -2.59. The van der Waals surface area contributed by atoms with Crippen LogP contribution in [0.1, 0.15) is 12.7 Å². The van der Waals surface area contributed by atoms with Crippen molar-refractivity contribution in [1.82, 2.24) is 19.8 Å². The molecule has 0 saturated carbocycles. The molecule has 170 valence electrons. The Morgan fingerprint density at radius 3 is 2.39 bits per heavy atom. The molecule has 0 radical (unpaired) electrons. The second kappa shape index (κ2) is 8.91. The minimum atomic E-state index is -1.56. The van der Waals surface area contributed by atoms with Crippen molar-refractivity contribution in [2.75, 3.05) is 14.1 Å². The first-order valence-electron chi connectivity index (χ1n) is 10.0. The van der Waals surface area contributed by atoms with Gasteiger partial charge in [-0.2, -0.15) is 0 Å². The van der Waals surface area contributed by atoms with Crippen LogP contribution in [0, 0.1) is 5.92 Å². The van der Waals surface area contributed by atoms with Gasteiger partial charge in [0.2, 0.25) is 0 Å². The third kappa shape index (κ3) is 4.09. The van der Waals surface area contributed by atoms with Crippen molar-refractivity contribution >= 4 is 56.9 Å². The van der Waals surface area contributed by atoms with Crippen molar-refractivity contribution < 1.29 is 19.2 Å². The molecule has 0 unspecified atom stereocenters. The molecule has 33 heavy (non-hydrogen) atoms. The molecule has 1 aliphatic heterocycles. The predicted molar refractivity (Wildman–Crippen MR) is 126 cm³/mol. The van der Waals surface area contributed by atoms with Crippen LogP contribution < -0.4 is 5.56 Å². The maximum Gasteiger partial charge on any atom is 0.332 e. The summed E-state index contributed by atoms with van der Waals surface area (Å²) in [6.45, 7) is 1.58. The highest BCUT2D eigenvalue weighted by Gasteiger charge is 2.47. The number of nitrogens with one attached hydrogen (secondary N) is 1. The van der Waals surface area contributed by atoms with Crippen molar-refractivity contribution in [2.45, 2.75) is 17.9 Å². The monoisotopic (exact) mass is 484 g/mol. The molecule has 1 N–H and O–H groups in total. The Morgan fingerprint density at radius 2 is 1.76 bits per heavy atom. The Bertz CT molecular complexity index is 1310. The van der Waals surface area contributed by atoms with Gasteiger partial charge in [0.15, 0.2) is 11.7 Å². The van der Waals surface area contributed by atoms with Crippen molar-refractivity contribution in [2.24, 2.45) is 5.92 Å². The first-order valence-corrected chi connectivity index (χ1v) is 11.9. The first-order chi connectivity index (χ1) is 15.7. The second-order valence-electron chi connectivity index (χ2n) is 7.57. The number of barbiturate groups is 1. The van der Waals surface area contributed by atoms with Gasteiger partial charge in [-0.15, -0.1) is 23.1 Å². The largest absolute Gasteiger partial charge is 0.332 e. The Balaban J connectivity index is 1.51. The average molecular weight is 485 g/mol. The summed E-state index contributed by atoms with van der Waals surface area (Å²) < 4.78 is 0. The normalized spacial score (nSPS) is 16.0. The van der Waals surface area contributed by atoms with E-state index in [1.165, 1.54) is 25.4 Å². The molecule has 4 rings (SSSR count). The molecule has 11 heteroatoms. The van der Waals surface area contributed by atoms with Crippen LogP contribution in [0.2, 0.25) is 0 Å². The lowest BCUT2D eigenvalue weighted by atomic mass is 9.97. The highest BCUT2D eigenvalue weighted by Crippen LogP contribution is 2.31. The van der Waals surface area contributed by atoms with E-state index in [0.29, 0.717) is 16.0 Å². The van der Waals surface area contributed by atoms with Gasteiger partial charge in [0.1, 0.15) is 10.7 Å². The Kier molecular flexibility index (Phi) is 6.17. The fourth-order valence-electron chi connectivity index (χ4n) is 3.56. The van der Waals surface area contributed by atoms with Crippen LogP contribution in [-0.2, 0) is 20.1 Å². The van der Waals surface area contributed by atoms with Crippen LogP contribution >= 0.6 is 23.1 Å². The van der Waals surface area contributed by atoms with Crippen LogP contribution in [0.15, 0.2) is 40.5 Å². The molecule has 1 fully saturated rings. The van der Waals surface area contributed by atoms with Crippen LogP contribution in [-0.4, -0.2) is 62.7 Å². The van der Waals surface area contributed by atoms with E-state index in [1.807, 2.05) is 35.7 Å². The number of aromatic amines is 1. The van der Waals surface area contributed by atoms with Gasteiger partial charge in [-0.25, -0.2) is 9.78 Å². The fourth-order valence-corrected chi connectivity index (χ4v) is 5.37. The summed E-state index contributed by atoms with van der Waals surface area (Å²) in [5.41, 5.74) is 1.46. The first kappa shape index (κ1) is 22.9. The number of imide groups is 2. The zero-order valence-corrected chi connectivity index (χ0v) is 19.7. The Hall–Kier alpha value is -3.31. The highest BCUT2D eigenvalue weighted by atomic mass is 32.2. The number of ketones is 1.